The van der Waals surface area contributed by atoms with Crippen molar-refractivity contribution in [1.82, 2.24) is 5.32 Å². The van der Waals surface area contributed by atoms with Gasteiger partial charge in [0.15, 0.2) is 0 Å². The van der Waals surface area contributed by atoms with Crippen molar-refractivity contribution in [3.63, 3.8) is 0 Å². The molecule has 0 aliphatic carbocycles. The summed E-state index contributed by atoms with van der Waals surface area (Å²) < 4.78 is 5.47. The van der Waals surface area contributed by atoms with Crippen LogP contribution in [0.25, 0.3) is 0 Å². The Balaban J connectivity index is 1.76. The van der Waals surface area contributed by atoms with E-state index >= 15 is 0 Å². The third-order valence-electron chi connectivity index (χ3n) is 5.86. The van der Waals surface area contributed by atoms with Crippen molar-refractivity contribution in [1.29, 1.82) is 0 Å². The Labute approximate surface area is 190 Å². The van der Waals surface area contributed by atoms with Gasteiger partial charge in [0, 0.05) is 18.8 Å². The Kier molecular flexibility index (Phi) is 8.54. The van der Waals surface area contributed by atoms with Crippen molar-refractivity contribution in [2.75, 3.05) is 24.6 Å². The number of para-hydroxylation sites is 1. The average Bonchev–Trinajstić information content (AvgIpc) is 2.79. The average molecular weight is 439 g/mol. The molecule has 0 bridgehead atoms. The molecule has 6 nitrogen and oxygen atoms in total. The molecule has 3 rings (SSSR count). The van der Waals surface area contributed by atoms with E-state index in [1.165, 1.54) is 36.6 Å². The van der Waals surface area contributed by atoms with Crippen LogP contribution < -0.4 is 15.0 Å². The van der Waals surface area contributed by atoms with Gasteiger partial charge in [-0.2, -0.15) is 0 Å². The van der Waals surface area contributed by atoms with Crippen LogP contribution in [0.1, 0.15) is 73.5 Å². The third kappa shape index (κ3) is 6.02. The van der Waals surface area contributed by atoms with Crippen molar-refractivity contribution in [3.8, 4) is 5.75 Å². The van der Waals surface area contributed by atoms with Gasteiger partial charge in [-0.25, -0.2) is 4.79 Å². The first-order valence-electron chi connectivity index (χ1n) is 11.7. The first kappa shape index (κ1) is 23.6. The number of benzene rings is 2. The lowest BCUT2D eigenvalue weighted by Gasteiger charge is -2.32. The van der Waals surface area contributed by atoms with Gasteiger partial charge in [0.05, 0.1) is 19.1 Å². The number of amides is 1. The smallest absolute Gasteiger partial charge is 0.339 e. The maximum absolute atomic E-state index is 13.0. The fourth-order valence-corrected chi connectivity index (χ4v) is 4.36. The number of hydrogen-bond acceptors (Lipinski definition) is 4. The molecule has 1 amide bonds. The Morgan fingerprint density at radius 1 is 1.09 bits per heavy atom. The molecule has 0 spiro atoms. The molecule has 1 heterocycles. The molecule has 32 heavy (non-hydrogen) atoms. The van der Waals surface area contributed by atoms with Crippen molar-refractivity contribution in [2.45, 2.75) is 58.4 Å². The second-order valence-corrected chi connectivity index (χ2v) is 8.26. The number of carboxylic acid groups (broad SMARTS) is 1. The van der Waals surface area contributed by atoms with Gasteiger partial charge in [0.1, 0.15) is 11.3 Å². The van der Waals surface area contributed by atoms with Gasteiger partial charge >= 0.3 is 5.97 Å². The topological polar surface area (TPSA) is 78.9 Å². The van der Waals surface area contributed by atoms with Crippen LogP contribution in [0.2, 0.25) is 0 Å². The zero-order chi connectivity index (χ0) is 22.9. The lowest BCUT2D eigenvalue weighted by molar-refractivity contribution is -0.121. The van der Waals surface area contributed by atoms with Crippen LogP contribution in [0.5, 0.6) is 5.75 Å². The molecule has 0 radical (unpaired) electrons. The first-order chi connectivity index (χ1) is 15.5. The molecule has 6 heteroatoms. The van der Waals surface area contributed by atoms with E-state index < -0.39 is 5.97 Å². The monoisotopic (exact) mass is 438 g/mol. The number of ether oxygens (including phenoxy) is 1. The quantitative estimate of drug-likeness (QED) is 0.547. The Hall–Kier alpha value is -3.02. The predicted octanol–water partition coefficient (Wildman–Crippen LogP) is 4.97. The zero-order valence-electron chi connectivity index (χ0n) is 19.1. The summed E-state index contributed by atoms with van der Waals surface area (Å²) in [7, 11) is 0. The zero-order valence-corrected chi connectivity index (χ0v) is 19.1. The maximum Gasteiger partial charge on any atom is 0.339 e. The van der Waals surface area contributed by atoms with Gasteiger partial charge < -0.3 is 20.1 Å². The highest BCUT2D eigenvalue weighted by Gasteiger charge is 2.21. The van der Waals surface area contributed by atoms with E-state index in [0.717, 1.165) is 31.5 Å². The van der Waals surface area contributed by atoms with Crippen LogP contribution in [0.3, 0.4) is 0 Å². The molecule has 2 aromatic carbocycles. The molecule has 1 saturated heterocycles. The standard InChI is InChI=1S/C26H34N2O4/c1-3-10-22(20-11-6-7-12-23(20)28-15-8-5-9-16-28)27-25(29)18-19-13-14-21(26(30)31)24(17-19)32-4-2/h6-7,11-14,17,22H,3-5,8-10,15-16,18H2,1-2H3,(H,27,29)(H,30,31). The number of hydrogen-bond donors (Lipinski definition) is 2. The van der Waals surface area contributed by atoms with Gasteiger partial charge in [-0.1, -0.05) is 37.6 Å². The van der Waals surface area contributed by atoms with Crippen LogP contribution in [-0.4, -0.2) is 36.7 Å². The number of carbonyl (C=O) groups is 2. The summed E-state index contributed by atoms with van der Waals surface area (Å²) in [5.74, 6) is -0.824. The van der Waals surface area contributed by atoms with Gasteiger partial charge in [0.2, 0.25) is 5.91 Å². The van der Waals surface area contributed by atoms with Gasteiger partial charge in [-0.05, 0) is 61.9 Å². The second kappa shape index (κ2) is 11.6. The lowest BCUT2D eigenvalue weighted by Crippen LogP contribution is -2.34. The summed E-state index contributed by atoms with van der Waals surface area (Å²) in [5, 5.41) is 12.6. The fraction of sp³-hybridized carbons (Fsp3) is 0.462. The molecule has 0 saturated carbocycles. The summed E-state index contributed by atoms with van der Waals surface area (Å²) >= 11 is 0. The number of nitrogens with zero attached hydrogens (tertiary/aromatic N) is 1. The minimum absolute atomic E-state index is 0.0599. The molecule has 2 aromatic rings. The molecule has 1 unspecified atom stereocenters. The van der Waals surface area contributed by atoms with Crippen molar-refractivity contribution >= 4 is 17.6 Å². The van der Waals surface area contributed by atoms with Crippen LogP contribution >= 0.6 is 0 Å². The van der Waals surface area contributed by atoms with Crippen LogP contribution in [0.4, 0.5) is 5.69 Å². The van der Waals surface area contributed by atoms with Crippen LogP contribution in [0.15, 0.2) is 42.5 Å². The Morgan fingerprint density at radius 3 is 2.53 bits per heavy atom. The van der Waals surface area contributed by atoms with Crippen molar-refractivity contribution in [2.24, 2.45) is 0 Å². The van der Waals surface area contributed by atoms with Gasteiger partial charge in [-0.15, -0.1) is 0 Å². The molecular formula is C26H34N2O4. The number of anilines is 1. The Bertz CT molecular complexity index is 922. The molecule has 0 aromatic heterocycles. The second-order valence-electron chi connectivity index (χ2n) is 8.26. The fourth-order valence-electron chi connectivity index (χ4n) is 4.36. The van der Waals surface area contributed by atoms with Crippen molar-refractivity contribution < 1.29 is 19.4 Å². The van der Waals surface area contributed by atoms with E-state index in [9.17, 15) is 14.7 Å². The van der Waals surface area contributed by atoms with Crippen LogP contribution in [-0.2, 0) is 11.2 Å². The molecule has 1 aliphatic heterocycles. The number of aromatic carboxylic acids is 1. The molecule has 1 atom stereocenters. The maximum atomic E-state index is 13.0. The van der Waals surface area contributed by atoms with E-state index in [2.05, 4.69) is 35.3 Å². The number of carbonyl (C=O) groups excluding carboxylic acids is 1. The third-order valence-corrected chi connectivity index (χ3v) is 5.86. The normalized spacial score (nSPS) is 14.6. The van der Waals surface area contributed by atoms with E-state index in [1.54, 1.807) is 19.1 Å². The minimum Gasteiger partial charge on any atom is -0.493 e. The Morgan fingerprint density at radius 2 is 1.84 bits per heavy atom. The molecule has 1 aliphatic rings. The highest BCUT2D eigenvalue weighted by atomic mass is 16.5. The first-order valence-corrected chi connectivity index (χ1v) is 11.7. The van der Waals surface area contributed by atoms with E-state index in [0.29, 0.717) is 12.4 Å². The van der Waals surface area contributed by atoms with Crippen LogP contribution in [0, 0.1) is 0 Å². The summed E-state index contributed by atoms with van der Waals surface area (Å²) in [6.45, 7) is 6.41. The SMILES string of the molecule is CCCC(NC(=O)Cc1ccc(C(=O)O)c(OCC)c1)c1ccccc1N1CCCCC1. The highest BCUT2D eigenvalue weighted by molar-refractivity contribution is 5.91. The number of piperidine rings is 1. The number of rotatable bonds is 10. The minimum atomic E-state index is -1.04. The summed E-state index contributed by atoms with van der Waals surface area (Å²) in [5.41, 5.74) is 3.22. The molecular weight excluding hydrogens is 404 g/mol. The number of carboxylic acids is 1. The van der Waals surface area contributed by atoms with E-state index in [-0.39, 0.29) is 23.9 Å². The molecule has 1 fully saturated rings. The van der Waals surface area contributed by atoms with Gasteiger partial charge in [0.25, 0.3) is 0 Å². The summed E-state index contributed by atoms with van der Waals surface area (Å²) in [6.07, 6.45) is 5.67. The molecule has 172 valence electrons. The highest BCUT2D eigenvalue weighted by Crippen LogP contribution is 2.31. The predicted molar refractivity (Wildman–Crippen MR) is 127 cm³/mol. The number of nitrogens with one attached hydrogen (secondary N) is 1. The van der Waals surface area contributed by atoms with E-state index in [1.807, 2.05) is 6.07 Å². The lowest BCUT2D eigenvalue weighted by atomic mass is 9.98. The summed E-state index contributed by atoms with van der Waals surface area (Å²) in [6, 6.07) is 13.2. The summed E-state index contributed by atoms with van der Waals surface area (Å²) in [4.78, 5) is 26.8. The van der Waals surface area contributed by atoms with Crippen molar-refractivity contribution in [3.05, 3.63) is 59.2 Å². The molecule has 2 N–H and O–H groups in total. The van der Waals surface area contributed by atoms with E-state index in [4.69, 9.17) is 4.74 Å². The largest absolute Gasteiger partial charge is 0.493 e. The van der Waals surface area contributed by atoms with Gasteiger partial charge in [-0.3, -0.25) is 4.79 Å².